The second-order valence-corrected chi connectivity index (χ2v) is 5.52. The molecular weight excluding hydrogens is 210 g/mol. The van der Waals surface area contributed by atoms with Crippen LogP contribution in [-0.2, 0) is 0 Å². The van der Waals surface area contributed by atoms with Crippen LogP contribution in [0.2, 0.25) is 0 Å². The summed E-state index contributed by atoms with van der Waals surface area (Å²) in [7, 11) is 0. The van der Waals surface area contributed by atoms with Gasteiger partial charge in [0.2, 0.25) is 0 Å². The third-order valence-electron chi connectivity index (χ3n) is 4.55. The number of nitriles is 1. The molecule has 2 bridgehead atoms. The van der Waals surface area contributed by atoms with Gasteiger partial charge in [-0.05, 0) is 38.6 Å². The van der Waals surface area contributed by atoms with E-state index in [1.165, 1.54) is 25.7 Å². The van der Waals surface area contributed by atoms with E-state index in [0.29, 0.717) is 18.5 Å². The standard InChI is InChI=1S/C14H25N3/c1-3-13(7-8-15)17(4-2)14-9-11-5-6-12(10-14)16-11/h11-14,16H,3-7,9-10H2,1-2H3. The highest BCUT2D eigenvalue weighted by atomic mass is 15.2. The third-order valence-corrected chi connectivity index (χ3v) is 4.55. The Morgan fingerprint density at radius 3 is 2.41 bits per heavy atom. The average molecular weight is 235 g/mol. The van der Waals surface area contributed by atoms with Crippen molar-refractivity contribution < 1.29 is 0 Å². The number of nitrogens with zero attached hydrogens (tertiary/aromatic N) is 2. The largest absolute Gasteiger partial charge is 0.311 e. The Morgan fingerprint density at radius 2 is 1.94 bits per heavy atom. The summed E-state index contributed by atoms with van der Waals surface area (Å²) in [4.78, 5) is 2.59. The van der Waals surface area contributed by atoms with E-state index in [9.17, 15) is 0 Å². The predicted octanol–water partition coefficient (Wildman–Crippen LogP) is 2.28. The molecule has 2 rings (SSSR count). The zero-order valence-electron chi connectivity index (χ0n) is 11.2. The Bertz CT molecular complexity index is 272. The van der Waals surface area contributed by atoms with Gasteiger partial charge in [-0.3, -0.25) is 4.90 Å². The molecule has 0 amide bonds. The van der Waals surface area contributed by atoms with Crippen LogP contribution in [0.4, 0.5) is 0 Å². The van der Waals surface area contributed by atoms with Gasteiger partial charge in [0.15, 0.2) is 0 Å². The van der Waals surface area contributed by atoms with Crippen molar-refractivity contribution in [3.63, 3.8) is 0 Å². The van der Waals surface area contributed by atoms with Crippen molar-refractivity contribution in [2.75, 3.05) is 6.54 Å². The van der Waals surface area contributed by atoms with Crippen LogP contribution < -0.4 is 5.32 Å². The molecule has 3 heteroatoms. The molecule has 0 aliphatic carbocycles. The van der Waals surface area contributed by atoms with Crippen molar-refractivity contribution in [2.24, 2.45) is 0 Å². The number of piperidine rings is 1. The normalized spacial score (nSPS) is 33.6. The van der Waals surface area contributed by atoms with Crippen LogP contribution in [0.5, 0.6) is 0 Å². The van der Waals surface area contributed by atoms with E-state index in [-0.39, 0.29) is 0 Å². The molecule has 3 atom stereocenters. The van der Waals surface area contributed by atoms with Gasteiger partial charge in [0.1, 0.15) is 0 Å². The summed E-state index contributed by atoms with van der Waals surface area (Å²) >= 11 is 0. The Morgan fingerprint density at radius 1 is 1.29 bits per heavy atom. The molecule has 0 spiro atoms. The molecule has 3 nitrogen and oxygen atoms in total. The Labute approximate surface area is 105 Å². The number of rotatable bonds is 5. The molecule has 2 aliphatic rings. The van der Waals surface area contributed by atoms with Crippen molar-refractivity contribution in [2.45, 2.75) is 76.5 Å². The topological polar surface area (TPSA) is 39.1 Å². The number of hydrogen-bond donors (Lipinski definition) is 1. The lowest BCUT2D eigenvalue weighted by atomic mass is 9.95. The zero-order valence-corrected chi connectivity index (χ0v) is 11.2. The minimum absolute atomic E-state index is 0.465. The highest BCUT2D eigenvalue weighted by Gasteiger charge is 2.37. The van der Waals surface area contributed by atoms with Crippen LogP contribution in [0.1, 0.15) is 52.4 Å². The van der Waals surface area contributed by atoms with Crippen LogP contribution in [0.3, 0.4) is 0 Å². The molecule has 0 saturated carbocycles. The number of fused-ring (bicyclic) bond motifs is 2. The first-order valence-corrected chi connectivity index (χ1v) is 7.17. The van der Waals surface area contributed by atoms with Crippen molar-refractivity contribution in [3.8, 4) is 6.07 Å². The van der Waals surface area contributed by atoms with Crippen molar-refractivity contribution >= 4 is 0 Å². The minimum atomic E-state index is 0.465. The summed E-state index contributed by atoms with van der Waals surface area (Å²) in [5.41, 5.74) is 0. The molecule has 0 aromatic rings. The fraction of sp³-hybridized carbons (Fsp3) is 0.929. The molecule has 2 fully saturated rings. The smallest absolute Gasteiger partial charge is 0.0638 e. The van der Waals surface area contributed by atoms with Gasteiger partial charge in [-0.1, -0.05) is 13.8 Å². The van der Waals surface area contributed by atoms with E-state index in [0.717, 1.165) is 25.0 Å². The van der Waals surface area contributed by atoms with Crippen LogP contribution in [0, 0.1) is 11.3 Å². The maximum absolute atomic E-state index is 8.94. The van der Waals surface area contributed by atoms with Crippen LogP contribution in [-0.4, -0.2) is 35.6 Å². The van der Waals surface area contributed by atoms with Crippen LogP contribution in [0.25, 0.3) is 0 Å². The molecule has 17 heavy (non-hydrogen) atoms. The van der Waals surface area contributed by atoms with E-state index in [4.69, 9.17) is 5.26 Å². The molecule has 1 N–H and O–H groups in total. The molecule has 0 aromatic heterocycles. The lowest BCUT2D eigenvalue weighted by Gasteiger charge is -2.41. The summed E-state index contributed by atoms with van der Waals surface area (Å²) in [5, 5.41) is 12.6. The monoisotopic (exact) mass is 235 g/mol. The lowest BCUT2D eigenvalue weighted by molar-refractivity contribution is 0.0987. The first-order valence-electron chi connectivity index (χ1n) is 7.17. The summed E-state index contributed by atoms with van der Waals surface area (Å²) in [5.74, 6) is 0. The van der Waals surface area contributed by atoms with E-state index in [1.54, 1.807) is 0 Å². The van der Waals surface area contributed by atoms with Gasteiger partial charge < -0.3 is 5.32 Å². The predicted molar refractivity (Wildman–Crippen MR) is 69.7 cm³/mol. The molecule has 2 heterocycles. The van der Waals surface area contributed by atoms with E-state index >= 15 is 0 Å². The Hall–Kier alpha value is -0.590. The number of hydrogen-bond acceptors (Lipinski definition) is 3. The first kappa shape index (κ1) is 12.9. The van der Waals surface area contributed by atoms with E-state index < -0.39 is 0 Å². The Balaban J connectivity index is 2.00. The second kappa shape index (κ2) is 5.84. The highest BCUT2D eigenvalue weighted by molar-refractivity contribution is 4.97. The summed E-state index contributed by atoms with van der Waals surface area (Å²) in [6.07, 6.45) is 7.06. The maximum Gasteiger partial charge on any atom is 0.0638 e. The fourth-order valence-electron chi connectivity index (χ4n) is 3.71. The van der Waals surface area contributed by atoms with Gasteiger partial charge in [-0.25, -0.2) is 0 Å². The average Bonchev–Trinajstić information content (AvgIpc) is 2.68. The van der Waals surface area contributed by atoms with Gasteiger partial charge in [-0.15, -0.1) is 0 Å². The van der Waals surface area contributed by atoms with Gasteiger partial charge >= 0.3 is 0 Å². The van der Waals surface area contributed by atoms with Crippen molar-refractivity contribution in [3.05, 3.63) is 0 Å². The van der Waals surface area contributed by atoms with Gasteiger partial charge in [0.05, 0.1) is 12.5 Å². The van der Waals surface area contributed by atoms with E-state index in [2.05, 4.69) is 30.1 Å². The fourth-order valence-corrected chi connectivity index (χ4v) is 3.71. The van der Waals surface area contributed by atoms with Crippen molar-refractivity contribution in [1.29, 1.82) is 5.26 Å². The van der Waals surface area contributed by atoms with Crippen LogP contribution >= 0.6 is 0 Å². The maximum atomic E-state index is 8.94. The van der Waals surface area contributed by atoms with Gasteiger partial charge in [-0.2, -0.15) is 5.26 Å². The van der Waals surface area contributed by atoms with Gasteiger partial charge in [0, 0.05) is 24.2 Å². The molecule has 0 aromatic carbocycles. The summed E-state index contributed by atoms with van der Waals surface area (Å²) < 4.78 is 0. The molecule has 3 unspecified atom stereocenters. The van der Waals surface area contributed by atoms with Gasteiger partial charge in [0.25, 0.3) is 0 Å². The summed E-state index contributed by atoms with van der Waals surface area (Å²) in [6.45, 7) is 5.54. The van der Waals surface area contributed by atoms with E-state index in [1.807, 2.05) is 0 Å². The molecule has 2 aliphatic heterocycles. The second-order valence-electron chi connectivity index (χ2n) is 5.52. The van der Waals surface area contributed by atoms with Crippen molar-refractivity contribution in [1.82, 2.24) is 10.2 Å². The molecule has 96 valence electrons. The Kier molecular flexibility index (Phi) is 4.42. The first-order chi connectivity index (χ1) is 8.28. The molecule has 0 radical (unpaired) electrons. The third kappa shape index (κ3) is 2.81. The quantitative estimate of drug-likeness (QED) is 0.794. The highest BCUT2D eigenvalue weighted by Crippen LogP contribution is 2.31. The number of nitrogens with one attached hydrogen (secondary N) is 1. The minimum Gasteiger partial charge on any atom is -0.311 e. The molecule has 2 saturated heterocycles. The molecular formula is C14H25N3. The van der Waals surface area contributed by atoms with Crippen LogP contribution in [0.15, 0.2) is 0 Å². The lowest BCUT2D eigenvalue weighted by Crippen LogP contribution is -2.51. The summed E-state index contributed by atoms with van der Waals surface area (Å²) in [6, 6.07) is 5.01. The zero-order chi connectivity index (χ0) is 12.3. The SMILES string of the molecule is CCC(CC#N)N(CC)C1CC2CCC(C1)N2.